The van der Waals surface area contributed by atoms with E-state index in [0.29, 0.717) is 24.3 Å². The van der Waals surface area contributed by atoms with Crippen LogP contribution < -0.4 is 4.74 Å². The molecule has 0 aliphatic carbocycles. The minimum atomic E-state index is -0.247. The van der Waals surface area contributed by atoms with Crippen LogP contribution in [0.25, 0.3) is 10.9 Å². The number of rotatable bonds is 7. The number of ether oxygens (including phenoxy) is 1. The molecule has 0 spiro atoms. The molecule has 1 fully saturated rings. The number of nitrogens with zero attached hydrogens (tertiary/aromatic N) is 3. The maximum Gasteiger partial charge on any atom is 0.131 e. The number of aliphatic hydroxyl groups is 1. The molecule has 158 valence electrons. The Labute approximate surface area is 176 Å². The fraction of sp³-hybridized carbons (Fsp3) is 0.375. The first kappa shape index (κ1) is 20.7. The topological polar surface area (TPSA) is 48.8 Å². The van der Waals surface area contributed by atoms with Gasteiger partial charge in [0.15, 0.2) is 0 Å². The number of methoxy groups -OCH3 is 1. The van der Waals surface area contributed by atoms with Crippen LogP contribution in [0.15, 0.2) is 54.7 Å². The lowest BCUT2D eigenvalue weighted by molar-refractivity contribution is 0.0495. The van der Waals surface area contributed by atoms with Gasteiger partial charge in [0.05, 0.1) is 12.6 Å². The molecule has 4 rings (SSSR count). The Balaban J connectivity index is 1.46. The van der Waals surface area contributed by atoms with Crippen LogP contribution in [0.4, 0.5) is 4.39 Å². The lowest BCUT2D eigenvalue weighted by Crippen LogP contribution is -2.52. The monoisotopic (exact) mass is 409 g/mol. The van der Waals surface area contributed by atoms with Gasteiger partial charge in [0.25, 0.3) is 0 Å². The van der Waals surface area contributed by atoms with Gasteiger partial charge < -0.3 is 9.84 Å². The minimum absolute atomic E-state index is 0.123. The Morgan fingerprint density at radius 3 is 2.80 bits per heavy atom. The van der Waals surface area contributed by atoms with Crippen molar-refractivity contribution in [3.8, 4) is 5.75 Å². The van der Waals surface area contributed by atoms with E-state index in [1.165, 1.54) is 24.1 Å². The Hall–Kier alpha value is -2.54. The number of hydrogen-bond acceptors (Lipinski definition) is 5. The summed E-state index contributed by atoms with van der Waals surface area (Å²) in [4.78, 5) is 9.15. The second-order valence-corrected chi connectivity index (χ2v) is 7.82. The third-order valence-electron chi connectivity index (χ3n) is 5.91. The van der Waals surface area contributed by atoms with E-state index in [1.54, 1.807) is 12.1 Å². The van der Waals surface area contributed by atoms with Crippen molar-refractivity contribution < 1.29 is 14.2 Å². The van der Waals surface area contributed by atoms with Crippen molar-refractivity contribution >= 4 is 10.9 Å². The summed E-state index contributed by atoms with van der Waals surface area (Å²) in [7, 11) is 1.54. The fourth-order valence-electron chi connectivity index (χ4n) is 4.28. The van der Waals surface area contributed by atoms with Crippen molar-refractivity contribution in [3.63, 3.8) is 0 Å². The number of halogens is 1. The molecule has 1 aliphatic rings. The summed E-state index contributed by atoms with van der Waals surface area (Å²) in [5, 5.41) is 10.8. The van der Waals surface area contributed by atoms with Crippen LogP contribution in [0.1, 0.15) is 17.5 Å². The predicted octanol–water partition coefficient (Wildman–Crippen LogP) is 3.45. The summed E-state index contributed by atoms with van der Waals surface area (Å²) in [5.74, 6) is 0.278. The molecule has 0 unspecified atom stereocenters. The number of piperazine rings is 1. The van der Waals surface area contributed by atoms with Gasteiger partial charge in [-0.3, -0.25) is 14.8 Å². The zero-order chi connectivity index (χ0) is 20.9. The van der Waals surface area contributed by atoms with Gasteiger partial charge in [-0.1, -0.05) is 24.3 Å². The van der Waals surface area contributed by atoms with E-state index < -0.39 is 0 Å². The smallest absolute Gasteiger partial charge is 0.131 e. The van der Waals surface area contributed by atoms with Crippen LogP contribution in [0.3, 0.4) is 0 Å². The largest absolute Gasteiger partial charge is 0.497 e. The molecule has 3 aromatic rings. The zero-order valence-electron chi connectivity index (χ0n) is 17.3. The first-order valence-electron chi connectivity index (χ1n) is 10.4. The zero-order valence-corrected chi connectivity index (χ0v) is 17.3. The molecule has 1 N–H and O–H groups in total. The Bertz CT molecular complexity index is 992. The van der Waals surface area contributed by atoms with Crippen LogP contribution in [-0.2, 0) is 13.1 Å². The van der Waals surface area contributed by atoms with Gasteiger partial charge in [-0.05, 0) is 30.2 Å². The van der Waals surface area contributed by atoms with Crippen molar-refractivity contribution in [2.75, 3.05) is 33.4 Å². The molecule has 6 heteroatoms. The van der Waals surface area contributed by atoms with Crippen LogP contribution in [0, 0.1) is 5.82 Å². The van der Waals surface area contributed by atoms with E-state index in [4.69, 9.17) is 4.74 Å². The number of benzene rings is 2. The highest BCUT2D eigenvalue weighted by Crippen LogP contribution is 2.24. The lowest BCUT2D eigenvalue weighted by Gasteiger charge is -2.41. The van der Waals surface area contributed by atoms with Gasteiger partial charge in [0, 0.05) is 68.6 Å². The van der Waals surface area contributed by atoms with Crippen LogP contribution in [-0.4, -0.2) is 59.3 Å². The van der Waals surface area contributed by atoms with Gasteiger partial charge in [-0.2, -0.15) is 0 Å². The highest BCUT2D eigenvalue weighted by Gasteiger charge is 2.27. The average Bonchev–Trinajstić information content (AvgIpc) is 2.77. The maximum atomic E-state index is 14.4. The highest BCUT2D eigenvalue weighted by molar-refractivity contribution is 5.81. The van der Waals surface area contributed by atoms with Crippen molar-refractivity contribution in [2.45, 2.75) is 25.6 Å². The maximum absolute atomic E-state index is 14.4. The number of fused-ring (bicyclic) bond motifs is 1. The van der Waals surface area contributed by atoms with Crippen LogP contribution >= 0.6 is 0 Å². The Morgan fingerprint density at radius 2 is 2.00 bits per heavy atom. The van der Waals surface area contributed by atoms with E-state index in [-0.39, 0.29) is 18.5 Å². The second kappa shape index (κ2) is 9.51. The molecule has 2 aromatic carbocycles. The summed E-state index contributed by atoms with van der Waals surface area (Å²) in [6, 6.07) is 15.5. The minimum Gasteiger partial charge on any atom is -0.497 e. The van der Waals surface area contributed by atoms with E-state index in [9.17, 15) is 9.50 Å². The van der Waals surface area contributed by atoms with Gasteiger partial charge in [-0.25, -0.2) is 4.39 Å². The third kappa shape index (κ3) is 4.61. The van der Waals surface area contributed by atoms with Gasteiger partial charge in [-0.15, -0.1) is 0 Å². The first-order valence-corrected chi connectivity index (χ1v) is 10.4. The van der Waals surface area contributed by atoms with Gasteiger partial charge in [0.2, 0.25) is 0 Å². The van der Waals surface area contributed by atoms with Gasteiger partial charge >= 0.3 is 0 Å². The third-order valence-corrected chi connectivity index (χ3v) is 5.91. The van der Waals surface area contributed by atoms with E-state index in [1.807, 2.05) is 18.3 Å². The van der Waals surface area contributed by atoms with E-state index >= 15 is 0 Å². The summed E-state index contributed by atoms with van der Waals surface area (Å²) >= 11 is 0. The van der Waals surface area contributed by atoms with Crippen LogP contribution in [0.2, 0.25) is 0 Å². The molecule has 2 heterocycles. The second-order valence-electron chi connectivity index (χ2n) is 7.82. The number of aromatic nitrogens is 1. The van der Waals surface area contributed by atoms with Crippen molar-refractivity contribution in [2.24, 2.45) is 0 Å². The van der Waals surface area contributed by atoms with Crippen molar-refractivity contribution in [1.29, 1.82) is 0 Å². The van der Waals surface area contributed by atoms with Crippen LogP contribution in [0.5, 0.6) is 5.75 Å². The molecule has 0 radical (unpaired) electrons. The first-order chi connectivity index (χ1) is 14.7. The number of aliphatic hydroxyl groups excluding tert-OH is 1. The average molecular weight is 410 g/mol. The molecule has 5 nitrogen and oxygen atoms in total. The van der Waals surface area contributed by atoms with Crippen molar-refractivity contribution in [1.82, 2.24) is 14.8 Å². The highest BCUT2D eigenvalue weighted by atomic mass is 19.1. The molecule has 30 heavy (non-hydrogen) atoms. The number of pyridine rings is 1. The van der Waals surface area contributed by atoms with E-state index in [0.717, 1.165) is 31.7 Å². The normalized spacial score (nSPS) is 18.0. The van der Waals surface area contributed by atoms with E-state index in [2.05, 4.69) is 33.0 Å². The summed E-state index contributed by atoms with van der Waals surface area (Å²) < 4.78 is 19.5. The number of hydrogen-bond donors (Lipinski definition) is 1. The molecular formula is C24H28FN3O2. The lowest BCUT2D eigenvalue weighted by atomic mass is 10.0. The molecular weight excluding hydrogens is 381 g/mol. The summed E-state index contributed by atoms with van der Waals surface area (Å²) in [5.41, 5.74) is 2.93. The Morgan fingerprint density at radius 1 is 1.10 bits per heavy atom. The quantitative estimate of drug-likeness (QED) is 0.648. The molecule has 0 amide bonds. The standard InChI is InChI=1S/C24H28FN3O2/c1-30-21-8-7-19(23(25)14-21)16-28-12-11-27(17-20(28)9-13-29)15-18-4-2-6-24-22(18)5-3-10-26-24/h2-8,10,14,20,29H,9,11-13,15-17H2,1H3/t20-/m1/s1. The molecule has 1 saturated heterocycles. The predicted molar refractivity (Wildman–Crippen MR) is 116 cm³/mol. The van der Waals surface area contributed by atoms with Crippen molar-refractivity contribution in [3.05, 3.63) is 71.7 Å². The SMILES string of the molecule is COc1ccc(CN2CCN(Cc3cccc4ncccc34)C[C@H]2CCO)c(F)c1. The molecule has 0 saturated carbocycles. The fourth-order valence-corrected chi connectivity index (χ4v) is 4.28. The summed E-state index contributed by atoms with van der Waals surface area (Å²) in [6.07, 6.45) is 2.49. The molecule has 1 atom stereocenters. The molecule has 1 aliphatic heterocycles. The summed E-state index contributed by atoms with van der Waals surface area (Å²) in [6.45, 7) is 4.07. The molecule has 0 bridgehead atoms. The van der Waals surface area contributed by atoms with Gasteiger partial charge in [0.1, 0.15) is 11.6 Å². The Kier molecular flexibility index (Phi) is 6.57. The molecule has 1 aromatic heterocycles.